The van der Waals surface area contributed by atoms with Crippen LogP contribution in [0.4, 0.5) is 5.69 Å². The highest BCUT2D eigenvalue weighted by atomic mass is 35.5. The predicted molar refractivity (Wildman–Crippen MR) is 70.6 cm³/mol. The minimum atomic E-state index is 0.480. The fourth-order valence-electron chi connectivity index (χ4n) is 2.47. The van der Waals surface area contributed by atoms with Gasteiger partial charge >= 0.3 is 0 Å². The number of nitrogens with zero attached hydrogens (tertiary/aromatic N) is 1. The molecule has 1 aliphatic heterocycles. The van der Waals surface area contributed by atoms with E-state index in [0.29, 0.717) is 12.0 Å². The zero-order chi connectivity index (χ0) is 11.7. The Hall–Kier alpha value is -0.730. The number of halogens is 1. The van der Waals surface area contributed by atoms with Crippen LogP contribution in [-0.2, 0) is 0 Å². The van der Waals surface area contributed by atoms with Crippen molar-refractivity contribution >= 4 is 17.3 Å². The van der Waals surface area contributed by atoms with Crippen molar-refractivity contribution in [1.29, 1.82) is 0 Å². The molecule has 0 saturated carbocycles. The summed E-state index contributed by atoms with van der Waals surface area (Å²) in [6, 6.07) is 6.72. The maximum atomic E-state index is 6.09. The second-order valence-electron chi connectivity index (χ2n) is 4.43. The highest BCUT2D eigenvalue weighted by Crippen LogP contribution is 2.39. The SMILES string of the molecule is CCN1CC(C(C)NC)c2cc(Cl)ccc21. The van der Waals surface area contributed by atoms with Gasteiger partial charge in [0.2, 0.25) is 0 Å². The van der Waals surface area contributed by atoms with E-state index in [4.69, 9.17) is 11.6 Å². The molecular formula is C13H19ClN2. The normalized spacial score (nSPS) is 21.0. The molecule has 0 bridgehead atoms. The summed E-state index contributed by atoms with van der Waals surface area (Å²) in [5, 5.41) is 4.18. The number of likely N-dealkylation sites (N-methyl/N-ethyl adjacent to an activating group) is 2. The van der Waals surface area contributed by atoms with Crippen molar-refractivity contribution in [3.05, 3.63) is 28.8 Å². The summed E-state index contributed by atoms with van der Waals surface area (Å²) < 4.78 is 0. The van der Waals surface area contributed by atoms with Gasteiger partial charge in [0, 0.05) is 35.8 Å². The average Bonchev–Trinajstić information content (AvgIpc) is 2.66. The van der Waals surface area contributed by atoms with Gasteiger partial charge in [-0.25, -0.2) is 0 Å². The first-order chi connectivity index (χ1) is 7.67. The molecule has 2 rings (SSSR count). The van der Waals surface area contributed by atoms with E-state index in [1.165, 1.54) is 11.3 Å². The maximum absolute atomic E-state index is 6.09. The summed E-state index contributed by atoms with van der Waals surface area (Å²) in [7, 11) is 2.02. The third-order valence-corrected chi connectivity index (χ3v) is 3.82. The number of benzene rings is 1. The van der Waals surface area contributed by atoms with Crippen LogP contribution in [-0.4, -0.2) is 26.2 Å². The summed E-state index contributed by atoms with van der Waals surface area (Å²) in [5.74, 6) is 0.540. The molecule has 88 valence electrons. The Morgan fingerprint density at radius 3 is 2.94 bits per heavy atom. The minimum Gasteiger partial charge on any atom is -0.371 e. The smallest absolute Gasteiger partial charge is 0.0410 e. The Bertz CT molecular complexity index is 378. The molecule has 0 radical (unpaired) electrons. The van der Waals surface area contributed by atoms with Crippen LogP contribution < -0.4 is 10.2 Å². The number of hydrogen-bond acceptors (Lipinski definition) is 2. The van der Waals surface area contributed by atoms with Gasteiger partial charge in [0.1, 0.15) is 0 Å². The quantitative estimate of drug-likeness (QED) is 0.871. The van der Waals surface area contributed by atoms with Crippen LogP contribution in [0.15, 0.2) is 18.2 Å². The van der Waals surface area contributed by atoms with E-state index in [-0.39, 0.29) is 0 Å². The van der Waals surface area contributed by atoms with Crippen LogP contribution in [0.2, 0.25) is 5.02 Å². The molecule has 1 aromatic rings. The fraction of sp³-hybridized carbons (Fsp3) is 0.538. The van der Waals surface area contributed by atoms with Crippen LogP contribution in [0.1, 0.15) is 25.3 Å². The topological polar surface area (TPSA) is 15.3 Å². The molecule has 1 aliphatic rings. The van der Waals surface area contributed by atoms with Crippen LogP contribution in [0, 0.1) is 0 Å². The molecule has 2 nitrogen and oxygen atoms in total. The molecule has 0 aliphatic carbocycles. The van der Waals surface area contributed by atoms with Crippen molar-refractivity contribution in [3.63, 3.8) is 0 Å². The molecule has 3 heteroatoms. The second kappa shape index (κ2) is 4.64. The van der Waals surface area contributed by atoms with Crippen molar-refractivity contribution in [2.75, 3.05) is 25.0 Å². The van der Waals surface area contributed by atoms with Crippen LogP contribution in [0.3, 0.4) is 0 Å². The lowest BCUT2D eigenvalue weighted by molar-refractivity contribution is 0.509. The molecule has 2 atom stereocenters. The zero-order valence-electron chi connectivity index (χ0n) is 10.1. The van der Waals surface area contributed by atoms with Gasteiger partial charge in [-0.2, -0.15) is 0 Å². The third-order valence-electron chi connectivity index (χ3n) is 3.59. The highest BCUT2D eigenvalue weighted by molar-refractivity contribution is 6.30. The molecule has 2 unspecified atom stereocenters. The number of nitrogens with one attached hydrogen (secondary N) is 1. The maximum Gasteiger partial charge on any atom is 0.0410 e. The van der Waals surface area contributed by atoms with Crippen molar-refractivity contribution in [2.45, 2.75) is 25.8 Å². The van der Waals surface area contributed by atoms with Gasteiger partial charge in [0.05, 0.1) is 0 Å². The number of rotatable bonds is 3. The average molecular weight is 239 g/mol. The molecule has 1 N–H and O–H groups in total. The Labute approximate surface area is 103 Å². The first kappa shape index (κ1) is 11.7. The van der Waals surface area contributed by atoms with Gasteiger partial charge in [-0.15, -0.1) is 0 Å². The molecular weight excluding hydrogens is 220 g/mol. The Balaban J connectivity index is 2.39. The lowest BCUT2D eigenvalue weighted by atomic mass is 9.95. The third kappa shape index (κ3) is 1.92. The largest absolute Gasteiger partial charge is 0.371 e. The first-order valence-corrected chi connectivity index (χ1v) is 6.26. The van der Waals surface area contributed by atoms with Crippen LogP contribution in [0.25, 0.3) is 0 Å². The van der Waals surface area contributed by atoms with Crippen molar-refractivity contribution < 1.29 is 0 Å². The molecule has 1 aromatic carbocycles. The monoisotopic (exact) mass is 238 g/mol. The lowest BCUT2D eigenvalue weighted by Crippen LogP contribution is -2.32. The van der Waals surface area contributed by atoms with Gasteiger partial charge in [-0.05, 0) is 44.7 Å². The van der Waals surface area contributed by atoms with Crippen LogP contribution >= 0.6 is 11.6 Å². The zero-order valence-corrected chi connectivity index (χ0v) is 10.9. The molecule has 0 fully saturated rings. The van der Waals surface area contributed by atoms with E-state index < -0.39 is 0 Å². The van der Waals surface area contributed by atoms with E-state index in [1.54, 1.807) is 0 Å². The second-order valence-corrected chi connectivity index (χ2v) is 4.86. The Morgan fingerprint density at radius 2 is 2.31 bits per heavy atom. The molecule has 0 saturated heterocycles. The lowest BCUT2D eigenvalue weighted by Gasteiger charge is -2.20. The van der Waals surface area contributed by atoms with Gasteiger partial charge in [0.15, 0.2) is 0 Å². The summed E-state index contributed by atoms with van der Waals surface area (Å²) >= 11 is 6.09. The van der Waals surface area contributed by atoms with E-state index in [1.807, 2.05) is 13.1 Å². The van der Waals surface area contributed by atoms with Crippen molar-refractivity contribution in [3.8, 4) is 0 Å². The summed E-state index contributed by atoms with van der Waals surface area (Å²) in [6.07, 6.45) is 0. The molecule has 0 aromatic heterocycles. The highest BCUT2D eigenvalue weighted by Gasteiger charge is 2.30. The van der Waals surface area contributed by atoms with Gasteiger partial charge in [0.25, 0.3) is 0 Å². The number of hydrogen-bond donors (Lipinski definition) is 1. The molecule has 0 amide bonds. The summed E-state index contributed by atoms with van der Waals surface area (Å²) in [5.41, 5.74) is 2.73. The van der Waals surface area contributed by atoms with E-state index in [2.05, 4.69) is 36.2 Å². The molecule has 16 heavy (non-hydrogen) atoms. The number of anilines is 1. The van der Waals surface area contributed by atoms with Gasteiger partial charge in [-0.1, -0.05) is 11.6 Å². The molecule has 0 spiro atoms. The summed E-state index contributed by atoms with van der Waals surface area (Å²) in [4.78, 5) is 2.42. The van der Waals surface area contributed by atoms with Crippen molar-refractivity contribution in [1.82, 2.24) is 5.32 Å². The van der Waals surface area contributed by atoms with E-state index in [9.17, 15) is 0 Å². The Kier molecular flexibility index (Phi) is 3.41. The standard InChI is InChI=1S/C13H19ClN2/c1-4-16-8-12(9(2)15-3)11-7-10(14)5-6-13(11)16/h5-7,9,12,15H,4,8H2,1-3H3. The number of fused-ring (bicyclic) bond motifs is 1. The predicted octanol–water partition coefficient (Wildman–Crippen LogP) is 2.87. The van der Waals surface area contributed by atoms with Gasteiger partial charge < -0.3 is 10.2 Å². The van der Waals surface area contributed by atoms with E-state index in [0.717, 1.165) is 18.1 Å². The minimum absolute atomic E-state index is 0.480. The van der Waals surface area contributed by atoms with Crippen LogP contribution in [0.5, 0.6) is 0 Å². The van der Waals surface area contributed by atoms with Crippen molar-refractivity contribution in [2.24, 2.45) is 0 Å². The Morgan fingerprint density at radius 1 is 1.56 bits per heavy atom. The summed E-state index contributed by atoms with van der Waals surface area (Å²) in [6.45, 7) is 6.58. The molecule has 1 heterocycles. The fourth-order valence-corrected chi connectivity index (χ4v) is 2.65. The first-order valence-electron chi connectivity index (χ1n) is 5.89. The van der Waals surface area contributed by atoms with E-state index >= 15 is 0 Å². The van der Waals surface area contributed by atoms with Gasteiger partial charge in [-0.3, -0.25) is 0 Å².